The molecule has 0 aliphatic rings. The summed E-state index contributed by atoms with van der Waals surface area (Å²) in [7, 11) is 0. The minimum atomic E-state index is 1.02. The van der Waals surface area contributed by atoms with Gasteiger partial charge in [0.05, 0.1) is 0 Å². The summed E-state index contributed by atoms with van der Waals surface area (Å²) >= 11 is 0. The summed E-state index contributed by atoms with van der Waals surface area (Å²) in [6.07, 6.45) is 0. The van der Waals surface area contributed by atoms with Gasteiger partial charge < -0.3 is 0 Å². The molecule has 0 amide bonds. The number of hydrogen-bond donors (Lipinski definition) is 0. The maximum atomic E-state index is 4.70. The van der Waals surface area contributed by atoms with Crippen LogP contribution in [0.25, 0.3) is 88.0 Å². The van der Waals surface area contributed by atoms with Crippen LogP contribution < -0.4 is 0 Å². The van der Waals surface area contributed by atoms with Crippen molar-refractivity contribution >= 4 is 32.3 Å². The van der Waals surface area contributed by atoms with Gasteiger partial charge in [0.25, 0.3) is 0 Å². The van der Waals surface area contributed by atoms with E-state index in [1.165, 1.54) is 88.0 Å². The summed E-state index contributed by atoms with van der Waals surface area (Å²) in [6, 6.07) is 64.5. The predicted octanol–water partition coefficient (Wildman–Crippen LogP) is 13.5. The minimum absolute atomic E-state index is 1.02. The zero-order chi connectivity index (χ0) is 33.6. The molecule has 1 heterocycles. The van der Waals surface area contributed by atoms with Gasteiger partial charge in [0.15, 0.2) is 0 Å². The van der Waals surface area contributed by atoms with Gasteiger partial charge in [-0.2, -0.15) is 0 Å². The van der Waals surface area contributed by atoms with Crippen LogP contribution >= 0.6 is 0 Å². The molecule has 0 radical (unpaired) electrons. The van der Waals surface area contributed by atoms with E-state index in [4.69, 9.17) is 4.98 Å². The van der Waals surface area contributed by atoms with E-state index < -0.39 is 0 Å². The first-order valence-electron chi connectivity index (χ1n) is 17.3. The Balaban J connectivity index is 1.30. The molecule has 0 saturated carbocycles. The van der Waals surface area contributed by atoms with E-state index in [0.717, 1.165) is 11.4 Å². The molecule has 1 heteroatoms. The Morgan fingerprint density at radius 3 is 1.00 bits per heavy atom. The van der Waals surface area contributed by atoms with Crippen LogP contribution in [0.2, 0.25) is 0 Å². The zero-order valence-corrected chi connectivity index (χ0v) is 28.2. The molecule has 1 aromatic heterocycles. The van der Waals surface area contributed by atoms with Crippen LogP contribution in [0.1, 0.15) is 11.4 Å². The average molecular weight is 638 g/mol. The van der Waals surface area contributed by atoms with Gasteiger partial charge in [0.1, 0.15) is 0 Å². The fourth-order valence-electron chi connectivity index (χ4n) is 7.60. The normalized spacial score (nSPS) is 11.4. The van der Waals surface area contributed by atoms with Crippen molar-refractivity contribution in [3.63, 3.8) is 0 Å². The molecule has 0 spiro atoms. The van der Waals surface area contributed by atoms with Crippen molar-refractivity contribution in [2.45, 2.75) is 13.8 Å². The lowest BCUT2D eigenvalue weighted by Crippen LogP contribution is -1.91. The highest BCUT2D eigenvalue weighted by Gasteiger charge is 2.14. The van der Waals surface area contributed by atoms with Crippen LogP contribution in [0.5, 0.6) is 0 Å². The van der Waals surface area contributed by atoms with E-state index in [2.05, 4.69) is 190 Å². The number of aryl methyl sites for hydroxylation is 2. The smallest absolute Gasteiger partial charge is 0.0382 e. The van der Waals surface area contributed by atoms with Gasteiger partial charge in [-0.1, -0.05) is 121 Å². The van der Waals surface area contributed by atoms with Crippen LogP contribution in [-0.4, -0.2) is 4.98 Å². The quantitative estimate of drug-likeness (QED) is 0.171. The van der Waals surface area contributed by atoms with Gasteiger partial charge in [-0.05, 0) is 156 Å². The third kappa shape index (κ3) is 5.44. The standard InChI is InChI=1S/C49H35N/c1-32-23-37(24-33(2)50-32)41-28-40(36-21-22-48-46-19-10-9-17-44(46)45-18-11-12-20-47(45)49(48)31-36)29-43(30-41)42-26-38(34-13-5-3-6-14-34)25-39(27-42)35-15-7-4-8-16-35/h3-31H,1-2H3. The van der Waals surface area contributed by atoms with Crippen molar-refractivity contribution in [2.24, 2.45) is 0 Å². The summed E-state index contributed by atoms with van der Waals surface area (Å²) in [5.74, 6) is 0. The Hall–Kier alpha value is -6.31. The zero-order valence-electron chi connectivity index (χ0n) is 28.2. The molecule has 0 N–H and O–H groups in total. The van der Waals surface area contributed by atoms with Crippen molar-refractivity contribution < 1.29 is 0 Å². The molecule has 50 heavy (non-hydrogen) atoms. The molecular formula is C49H35N. The lowest BCUT2D eigenvalue weighted by Gasteiger charge is -2.16. The maximum Gasteiger partial charge on any atom is 0.0382 e. The maximum absolute atomic E-state index is 4.70. The van der Waals surface area contributed by atoms with Crippen molar-refractivity contribution in [3.05, 3.63) is 187 Å². The molecule has 0 unspecified atom stereocenters. The summed E-state index contributed by atoms with van der Waals surface area (Å²) in [5, 5.41) is 7.71. The highest BCUT2D eigenvalue weighted by molar-refractivity contribution is 6.25. The number of rotatable bonds is 5. The second-order valence-electron chi connectivity index (χ2n) is 13.3. The first-order valence-corrected chi connectivity index (χ1v) is 17.3. The molecular weight excluding hydrogens is 603 g/mol. The second kappa shape index (κ2) is 12.3. The number of pyridine rings is 1. The van der Waals surface area contributed by atoms with Crippen LogP contribution in [0.15, 0.2) is 176 Å². The van der Waals surface area contributed by atoms with E-state index in [-0.39, 0.29) is 0 Å². The van der Waals surface area contributed by atoms with E-state index in [0.29, 0.717) is 0 Å². The van der Waals surface area contributed by atoms with E-state index in [1.54, 1.807) is 0 Å². The van der Waals surface area contributed by atoms with Crippen molar-refractivity contribution in [3.8, 4) is 55.6 Å². The van der Waals surface area contributed by atoms with Crippen LogP contribution in [0.4, 0.5) is 0 Å². The summed E-state index contributed by atoms with van der Waals surface area (Å²) in [6.45, 7) is 4.16. The number of aromatic nitrogens is 1. The van der Waals surface area contributed by atoms with Gasteiger partial charge in [0.2, 0.25) is 0 Å². The van der Waals surface area contributed by atoms with Crippen LogP contribution in [0, 0.1) is 13.8 Å². The van der Waals surface area contributed by atoms with E-state index in [1.807, 2.05) is 0 Å². The van der Waals surface area contributed by atoms with Crippen LogP contribution in [0.3, 0.4) is 0 Å². The number of hydrogen-bond acceptors (Lipinski definition) is 1. The van der Waals surface area contributed by atoms with E-state index >= 15 is 0 Å². The van der Waals surface area contributed by atoms with Gasteiger partial charge in [-0.15, -0.1) is 0 Å². The second-order valence-corrected chi connectivity index (χ2v) is 13.3. The lowest BCUT2D eigenvalue weighted by atomic mass is 9.88. The Bertz CT molecular complexity index is 2590. The molecule has 9 aromatic rings. The summed E-state index contributed by atoms with van der Waals surface area (Å²) < 4.78 is 0. The van der Waals surface area contributed by atoms with Gasteiger partial charge >= 0.3 is 0 Å². The number of fused-ring (bicyclic) bond motifs is 6. The van der Waals surface area contributed by atoms with Crippen molar-refractivity contribution in [1.29, 1.82) is 0 Å². The fraction of sp³-hybridized carbons (Fsp3) is 0.0408. The molecule has 0 atom stereocenters. The number of nitrogens with zero attached hydrogens (tertiary/aromatic N) is 1. The molecule has 0 aliphatic carbocycles. The van der Waals surface area contributed by atoms with Gasteiger partial charge in [-0.25, -0.2) is 0 Å². The SMILES string of the molecule is Cc1cc(-c2cc(-c3cc(-c4ccccc4)cc(-c4ccccc4)c3)cc(-c3ccc4c5ccccc5c5ccccc5c4c3)c2)cc(C)n1. The average Bonchev–Trinajstić information content (AvgIpc) is 3.18. The summed E-state index contributed by atoms with van der Waals surface area (Å²) in [4.78, 5) is 4.70. The molecule has 236 valence electrons. The highest BCUT2D eigenvalue weighted by atomic mass is 14.7. The molecule has 0 bridgehead atoms. The number of benzene rings is 8. The molecule has 9 rings (SSSR count). The molecule has 0 aliphatic heterocycles. The Kier molecular flexibility index (Phi) is 7.33. The minimum Gasteiger partial charge on any atom is -0.258 e. The third-order valence-corrected chi connectivity index (χ3v) is 9.91. The first kappa shape index (κ1) is 29.8. The highest BCUT2D eigenvalue weighted by Crippen LogP contribution is 2.40. The largest absolute Gasteiger partial charge is 0.258 e. The predicted molar refractivity (Wildman–Crippen MR) is 213 cm³/mol. The topological polar surface area (TPSA) is 12.9 Å². The Labute approximate surface area is 293 Å². The Morgan fingerprint density at radius 2 is 0.560 bits per heavy atom. The molecule has 0 saturated heterocycles. The van der Waals surface area contributed by atoms with Gasteiger partial charge in [0, 0.05) is 11.4 Å². The van der Waals surface area contributed by atoms with E-state index in [9.17, 15) is 0 Å². The van der Waals surface area contributed by atoms with Gasteiger partial charge in [-0.3, -0.25) is 4.98 Å². The van der Waals surface area contributed by atoms with Crippen molar-refractivity contribution in [1.82, 2.24) is 4.98 Å². The third-order valence-electron chi connectivity index (χ3n) is 9.91. The van der Waals surface area contributed by atoms with Crippen molar-refractivity contribution in [2.75, 3.05) is 0 Å². The van der Waals surface area contributed by atoms with Crippen LogP contribution in [-0.2, 0) is 0 Å². The molecule has 8 aromatic carbocycles. The monoisotopic (exact) mass is 637 g/mol. The molecule has 1 nitrogen and oxygen atoms in total. The Morgan fingerprint density at radius 1 is 0.240 bits per heavy atom. The lowest BCUT2D eigenvalue weighted by molar-refractivity contribution is 1.12. The fourth-order valence-corrected chi connectivity index (χ4v) is 7.60. The molecule has 0 fully saturated rings. The summed E-state index contributed by atoms with van der Waals surface area (Å²) in [5.41, 5.74) is 14.0. The first-order chi connectivity index (χ1) is 24.6.